The smallest absolute Gasteiger partial charge is 0.295 e. The zero-order valence-electron chi connectivity index (χ0n) is 18.3. The number of aliphatic hydroxyl groups is 1. The van der Waals surface area contributed by atoms with Gasteiger partial charge in [-0.1, -0.05) is 24.8 Å². The van der Waals surface area contributed by atoms with E-state index in [-0.39, 0.29) is 24.5 Å². The van der Waals surface area contributed by atoms with Crippen LogP contribution in [0.1, 0.15) is 17.2 Å². The molecular formula is C25H25NO7. The number of ketones is 1. The minimum atomic E-state index is -0.776. The summed E-state index contributed by atoms with van der Waals surface area (Å²) in [6.07, 6.45) is 1.64. The molecule has 4 rings (SSSR count). The van der Waals surface area contributed by atoms with Crippen LogP contribution in [0.3, 0.4) is 0 Å². The van der Waals surface area contributed by atoms with E-state index in [1.54, 1.807) is 48.5 Å². The number of benzene rings is 2. The lowest BCUT2D eigenvalue weighted by Crippen LogP contribution is -2.32. The van der Waals surface area contributed by atoms with Crippen LogP contribution in [0, 0.1) is 0 Å². The Balaban J connectivity index is 1.77. The lowest BCUT2D eigenvalue weighted by Gasteiger charge is -2.25. The zero-order chi connectivity index (χ0) is 23.4. The van der Waals surface area contributed by atoms with E-state index < -0.39 is 17.7 Å². The number of rotatable bonds is 8. The molecule has 33 heavy (non-hydrogen) atoms. The van der Waals surface area contributed by atoms with Crippen molar-refractivity contribution in [3.63, 3.8) is 0 Å². The Kier molecular flexibility index (Phi) is 6.65. The van der Waals surface area contributed by atoms with Gasteiger partial charge >= 0.3 is 0 Å². The summed E-state index contributed by atoms with van der Waals surface area (Å²) in [6, 6.07) is 11.2. The number of ether oxygens (including phenoxy) is 4. The number of amides is 1. The fourth-order valence-corrected chi connectivity index (χ4v) is 3.89. The molecule has 1 saturated heterocycles. The van der Waals surface area contributed by atoms with E-state index in [9.17, 15) is 14.7 Å². The molecule has 1 atom stereocenters. The summed E-state index contributed by atoms with van der Waals surface area (Å²) in [7, 11) is 1.52. The highest BCUT2D eigenvalue weighted by molar-refractivity contribution is 6.46. The summed E-state index contributed by atoms with van der Waals surface area (Å²) in [5.41, 5.74) is 1.03. The second-order valence-electron chi connectivity index (χ2n) is 7.51. The maximum atomic E-state index is 13.0. The van der Waals surface area contributed by atoms with E-state index >= 15 is 0 Å². The minimum Gasteiger partial charge on any atom is -0.507 e. The van der Waals surface area contributed by atoms with E-state index in [2.05, 4.69) is 6.58 Å². The van der Waals surface area contributed by atoms with Gasteiger partial charge in [0.25, 0.3) is 11.7 Å². The predicted molar refractivity (Wildman–Crippen MR) is 120 cm³/mol. The molecular weight excluding hydrogens is 426 g/mol. The molecule has 2 aromatic carbocycles. The molecule has 172 valence electrons. The summed E-state index contributed by atoms with van der Waals surface area (Å²) in [6.45, 7) is 5.25. The van der Waals surface area contributed by atoms with Gasteiger partial charge in [-0.15, -0.1) is 0 Å². The van der Waals surface area contributed by atoms with Gasteiger partial charge in [0, 0.05) is 19.2 Å². The molecule has 2 aromatic rings. The van der Waals surface area contributed by atoms with Gasteiger partial charge in [0.05, 0.1) is 18.2 Å². The molecule has 1 fully saturated rings. The Bertz CT molecular complexity index is 1090. The van der Waals surface area contributed by atoms with Gasteiger partial charge in [-0.3, -0.25) is 9.59 Å². The van der Waals surface area contributed by atoms with Gasteiger partial charge in [-0.2, -0.15) is 0 Å². The van der Waals surface area contributed by atoms with Crippen molar-refractivity contribution in [3.05, 3.63) is 71.8 Å². The fourth-order valence-electron chi connectivity index (χ4n) is 3.89. The molecule has 0 aliphatic carbocycles. The Morgan fingerprint density at radius 2 is 1.88 bits per heavy atom. The first-order chi connectivity index (χ1) is 16.0. The highest BCUT2D eigenvalue weighted by atomic mass is 16.6. The van der Waals surface area contributed by atoms with Crippen LogP contribution in [0.25, 0.3) is 5.76 Å². The molecule has 0 aromatic heterocycles. The van der Waals surface area contributed by atoms with Gasteiger partial charge in [0.1, 0.15) is 31.3 Å². The van der Waals surface area contributed by atoms with Crippen molar-refractivity contribution in [2.75, 3.05) is 40.1 Å². The number of methoxy groups -OCH3 is 1. The average Bonchev–Trinajstić information content (AvgIpc) is 3.10. The number of nitrogens with zero attached hydrogens (tertiary/aromatic N) is 1. The van der Waals surface area contributed by atoms with Crippen molar-refractivity contribution >= 4 is 17.4 Å². The number of fused-ring (bicyclic) bond motifs is 1. The van der Waals surface area contributed by atoms with Crippen LogP contribution in [-0.4, -0.2) is 61.8 Å². The molecule has 1 N–H and O–H groups in total. The normalized spacial score (nSPS) is 18.9. The minimum absolute atomic E-state index is 0.00698. The molecule has 1 unspecified atom stereocenters. The number of likely N-dealkylation sites (tertiary alicyclic amines) is 1. The van der Waals surface area contributed by atoms with E-state index in [1.165, 1.54) is 12.0 Å². The van der Waals surface area contributed by atoms with E-state index in [4.69, 9.17) is 18.9 Å². The largest absolute Gasteiger partial charge is 0.507 e. The summed E-state index contributed by atoms with van der Waals surface area (Å²) in [4.78, 5) is 27.3. The molecule has 0 saturated carbocycles. The first kappa shape index (κ1) is 22.4. The number of aliphatic hydroxyl groups excluding tert-OH is 1. The van der Waals surface area contributed by atoms with Crippen LogP contribution in [0.5, 0.6) is 17.2 Å². The van der Waals surface area contributed by atoms with E-state index in [0.29, 0.717) is 48.2 Å². The maximum absolute atomic E-state index is 13.0. The lowest BCUT2D eigenvalue weighted by atomic mass is 9.95. The third-order valence-corrected chi connectivity index (χ3v) is 5.46. The molecule has 2 heterocycles. The Labute approximate surface area is 191 Å². The van der Waals surface area contributed by atoms with Crippen LogP contribution in [-0.2, 0) is 14.3 Å². The number of carbonyl (C=O) groups excluding carboxylic acids is 2. The predicted octanol–water partition coefficient (Wildman–Crippen LogP) is 3.09. The molecule has 2 aliphatic heterocycles. The summed E-state index contributed by atoms with van der Waals surface area (Å²) in [5.74, 6) is -0.0654. The molecule has 8 nitrogen and oxygen atoms in total. The first-order valence-corrected chi connectivity index (χ1v) is 10.6. The van der Waals surface area contributed by atoms with E-state index in [1.807, 2.05) is 0 Å². The van der Waals surface area contributed by atoms with Gasteiger partial charge in [0.2, 0.25) is 0 Å². The summed E-state index contributed by atoms with van der Waals surface area (Å²) >= 11 is 0. The monoisotopic (exact) mass is 451 g/mol. The molecule has 0 radical (unpaired) electrons. The van der Waals surface area contributed by atoms with Crippen molar-refractivity contribution in [3.8, 4) is 17.2 Å². The van der Waals surface area contributed by atoms with Crippen molar-refractivity contribution in [1.82, 2.24) is 4.90 Å². The topological polar surface area (TPSA) is 94.5 Å². The quantitative estimate of drug-likeness (QED) is 0.285. The second kappa shape index (κ2) is 9.79. The standard InChI is InChI=1S/C25H25NO7/c1-3-11-31-18-7-4-16(5-8-18)22-21(24(28)25(29)26(22)10-12-30-2)23(27)17-6-9-19-20(15-17)33-14-13-32-19/h3-9,15,22,27H,1,10-14H2,2H3/b23-21+. The summed E-state index contributed by atoms with van der Waals surface area (Å²) in [5, 5.41) is 11.2. The molecule has 0 spiro atoms. The van der Waals surface area contributed by atoms with E-state index in [0.717, 1.165) is 0 Å². The number of hydrogen-bond donors (Lipinski definition) is 1. The van der Waals surface area contributed by atoms with Crippen LogP contribution >= 0.6 is 0 Å². The number of carbonyl (C=O) groups is 2. The molecule has 2 aliphatic rings. The third kappa shape index (κ3) is 4.42. The average molecular weight is 451 g/mol. The SMILES string of the molecule is C=CCOc1ccc(C2/C(=C(\O)c3ccc4c(c3)OCCO4)C(=O)C(=O)N2CCOC)cc1. The van der Waals surface area contributed by atoms with Gasteiger partial charge in [-0.25, -0.2) is 0 Å². The number of hydrogen-bond acceptors (Lipinski definition) is 7. The Morgan fingerprint density at radius 1 is 1.15 bits per heavy atom. The Morgan fingerprint density at radius 3 is 2.58 bits per heavy atom. The highest BCUT2D eigenvalue weighted by Gasteiger charge is 2.46. The van der Waals surface area contributed by atoms with Crippen molar-refractivity contribution in [2.24, 2.45) is 0 Å². The molecule has 1 amide bonds. The zero-order valence-corrected chi connectivity index (χ0v) is 18.3. The Hall–Kier alpha value is -3.78. The van der Waals surface area contributed by atoms with Crippen molar-refractivity contribution in [1.29, 1.82) is 0 Å². The second-order valence-corrected chi connectivity index (χ2v) is 7.51. The van der Waals surface area contributed by atoms with Gasteiger partial charge in [0.15, 0.2) is 11.5 Å². The third-order valence-electron chi connectivity index (χ3n) is 5.46. The fraction of sp³-hybridized carbons (Fsp3) is 0.280. The van der Waals surface area contributed by atoms with Crippen LogP contribution in [0.2, 0.25) is 0 Å². The van der Waals surface area contributed by atoms with Crippen molar-refractivity contribution < 1.29 is 33.6 Å². The van der Waals surface area contributed by atoms with Gasteiger partial charge < -0.3 is 29.0 Å². The van der Waals surface area contributed by atoms with Crippen LogP contribution in [0.4, 0.5) is 0 Å². The van der Waals surface area contributed by atoms with Crippen molar-refractivity contribution in [2.45, 2.75) is 6.04 Å². The molecule has 8 heteroatoms. The lowest BCUT2D eigenvalue weighted by molar-refractivity contribution is -0.140. The van der Waals surface area contributed by atoms with Gasteiger partial charge in [-0.05, 0) is 35.9 Å². The van der Waals surface area contributed by atoms with Crippen LogP contribution < -0.4 is 14.2 Å². The highest BCUT2D eigenvalue weighted by Crippen LogP contribution is 2.41. The first-order valence-electron chi connectivity index (χ1n) is 10.6. The van der Waals surface area contributed by atoms with Crippen LogP contribution in [0.15, 0.2) is 60.7 Å². The number of Topliss-reactive ketones (excluding diaryl/α,β-unsaturated/α-hetero) is 1. The maximum Gasteiger partial charge on any atom is 0.295 e. The molecule has 0 bridgehead atoms. The summed E-state index contributed by atoms with van der Waals surface area (Å²) < 4.78 is 21.8.